The standard InChI is InChI=1S/C53H34N4O/c1-2-12-33(13-3-1)35-22-25-36(26-23-35)51-54-52(40-27-24-34-14-4-5-15-37(34)28-40)56-53(55-51)45-31-41(32-49-50(45)43-19-9-11-21-48(43)58-49)57-46-20-10-8-18-42(46)44-29-38-16-6-7-17-39(38)30-47(44)57/h1-32,53H,(H,54,55,56). The lowest BCUT2D eigenvalue weighted by atomic mass is 10.0. The van der Waals surface area contributed by atoms with Crippen molar-refractivity contribution < 1.29 is 4.42 Å². The molecule has 0 bridgehead atoms. The van der Waals surface area contributed by atoms with Crippen molar-refractivity contribution in [1.29, 1.82) is 0 Å². The molecule has 1 aliphatic rings. The van der Waals surface area contributed by atoms with Crippen LogP contribution in [0, 0.1) is 0 Å². The van der Waals surface area contributed by atoms with Gasteiger partial charge in [0, 0.05) is 44.3 Å². The normalized spacial score (nSPS) is 14.4. The molecule has 9 aromatic carbocycles. The molecule has 3 heterocycles. The van der Waals surface area contributed by atoms with Crippen molar-refractivity contribution in [2.45, 2.75) is 6.17 Å². The number of fused-ring (bicyclic) bond motifs is 8. The van der Waals surface area contributed by atoms with Crippen LogP contribution in [0.5, 0.6) is 0 Å². The molecule has 0 spiro atoms. The van der Waals surface area contributed by atoms with Crippen LogP contribution in [0.1, 0.15) is 22.9 Å². The van der Waals surface area contributed by atoms with Gasteiger partial charge in [0.2, 0.25) is 0 Å². The average molecular weight is 743 g/mol. The van der Waals surface area contributed by atoms with E-state index in [0.717, 1.165) is 72.1 Å². The third-order valence-electron chi connectivity index (χ3n) is 11.6. The second kappa shape index (κ2) is 12.9. The number of para-hydroxylation sites is 2. The third kappa shape index (κ3) is 5.25. The van der Waals surface area contributed by atoms with Gasteiger partial charge in [0.1, 0.15) is 23.2 Å². The van der Waals surface area contributed by atoms with Crippen LogP contribution in [-0.4, -0.2) is 16.2 Å². The van der Waals surface area contributed by atoms with Crippen molar-refractivity contribution in [2.24, 2.45) is 9.98 Å². The van der Waals surface area contributed by atoms with Gasteiger partial charge in [0.15, 0.2) is 5.84 Å². The largest absolute Gasteiger partial charge is 0.456 e. The Morgan fingerprint density at radius 3 is 1.91 bits per heavy atom. The molecule has 0 radical (unpaired) electrons. The van der Waals surface area contributed by atoms with E-state index in [-0.39, 0.29) is 0 Å². The third-order valence-corrected chi connectivity index (χ3v) is 11.6. The first-order chi connectivity index (χ1) is 28.7. The highest BCUT2D eigenvalue weighted by Gasteiger charge is 2.27. The van der Waals surface area contributed by atoms with E-state index in [2.05, 4.69) is 186 Å². The average Bonchev–Trinajstić information content (AvgIpc) is 3.83. The van der Waals surface area contributed by atoms with Crippen LogP contribution in [0.15, 0.2) is 209 Å². The molecule has 1 unspecified atom stereocenters. The summed E-state index contributed by atoms with van der Waals surface area (Å²) in [5.74, 6) is 1.43. The van der Waals surface area contributed by atoms with Gasteiger partial charge in [-0.2, -0.15) is 0 Å². The van der Waals surface area contributed by atoms with E-state index in [1.807, 2.05) is 18.2 Å². The van der Waals surface area contributed by atoms with E-state index in [9.17, 15) is 0 Å². The maximum Gasteiger partial charge on any atom is 0.159 e. The van der Waals surface area contributed by atoms with Gasteiger partial charge >= 0.3 is 0 Å². The lowest BCUT2D eigenvalue weighted by Crippen LogP contribution is -2.33. The van der Waals surface area contributed by atoms with Gasteiger partial charge in [-0.25, -0.2) is 9.98 Å². The fourth-order valence-electron chi connectivity index (χ4n) is 8.81. The van der Waals surface area contributed by atoms with Crippen LogP contribution in [-0.2, 0) is 0 Å². The molecule has 2 aromatic heterocycles. The van der Waals surface area contributed by atoms with Crippen LogP contribution in [0.3, 0.4) is 0 Å². The van der Waals surface area contributed by atoms with Crippen LogP contribution in [0.4, 0.5) is 0 Å². The number of nitrogens with one attached hydrogen (secondary N) is 1. The maximum absolute atomic E-state index is 6.72. The van der Waals surface area contributed by atoms with Gasteiger partial charge in [-0.05, 0) is 69.1 Å². The molecule has 12 rings (SSSR count). The lowest BCUT2D eigenvalue weighted by molar-refractivity contribution is 0.661. The van der Waals surface area contributed by atoms with Gasteiger partial charge in [-0.3, -0.25) is 0 Å². The first kappa shape index (κ1) is 32.5. The Kier molecular flexibility index (Phi) is 7.23. The minimum Gasteiger partial charge on any atom is -0.456 e. The Morgan fingerprint density at radius 1 is 0.448 bits per heavy atom. The Balaban J connectivity index is 1.10. The zero-order chi connectivity index (χ0) is 38.2. The van der Waals surface area contributed by atoms with E-state index in [4.69, 9.17) is 14.4 Å². The van der Waals surface area contributed by atoms with Gasteiger partial charge < -0.3 is 14.3 Å². The molecular weight excluding hydrogens is 709 g/mol. The summed E-state index contributed by atoms with van der Waals surface area (Å²) in [7, 11) is 0. The molecule has 58 heavy (non-hydrogen) atoms. The Labute approximate surface area is 333 Å². The summed E-state index contributed by atoms with van der Waals surface area (Å²) in [6.07, 6.45) is -0.486. The predicted octanol–water partition coefficient (Wildman–Crippen LogP) is 13.2. The molecule has 1 atom stereocenters. The molecule has 5 heteroatoms. The summed E-state index contributed by atoms with van der Waals surface area (Å²) in [5, 5.41) is 13.1. The summed E-state index contributed by atoms with van der Waals surface area (Å²) >= 11 is 0. The minimum atomic E-state index is -0.486. The van der Waals surface area contributed by atoms with Crippen LogP contribution in [0.25, 0.3) is 82.1 Å². The Bertz CT molecular complexity index is 3480. The van der Waals surface area contributed by atoms with Crippen molar-refractivity contribution in [3.05, 3.63) is 211 Å². The highest BCUT2D eigenvalue weighted by molar-refractivity contribution is 6.16. The molecule has 0 fully saturated rings. The highest BCUT2D eigenvalue weighted by atomic mass is 16.3. The van der Waals surface area contributed by atoms with E-state index in [1.165, 1.54) is 32.5 Å². The zero-order valence-electron chi connectivity index (χ0n) is 31.3. The Morgan fingerprint density at radius 2 is 1.09 bits per heavy atom. The second-order valence-corrected chi connectivity index (χ2v) is 15.0. The van der Waals surface area contributed by atoms with E-state index in [1.54, 1.807) is 0 Å². The summed E-state index contributed by atoms with van der Waals surface area (Å²) in [6.45, 7) is 0. The number of amidine groups is 2. The first-order valence-electron chi connectivity index (χ1n) is 19.7. The van der Waals surface area contributed by atoms with Crippen molar-refractivity contribution in [2.75, 3.05) is 0 Å². The van der Waals surface area contributed by atoms with Crippen molar-refractivity contribution in [1.82, 2.24) is 9.88 Å². The molecule has 0 aliphatic carbocycles. The molecule has 0 saturated carbocycles. The number of benzene rings is 9. The van der Waals surface area contributed by atoms with Crippen LogP contribution >= 0.6 is 0 Å². The molecular formula is C53H34N4O. The molecule has 11 aromatic rings. The molecule has 5 nitrogen and oxygen atoms in total. The van der Waals surface area contributed by atoms with Gasteiger partial charge in [0.25, 0.3) is 0 Å². The van der Waals surface area contributed by atoms with Gasteiger partial charge in [-0.15, -0.1) is 0 Å². The van der Waals surface area contributed by atoms with E-state index < -0.39 is 6.17 Å². The molecule has 1 aliphatic heterocycles. The fraction of sp³-hybridized carbons (Fsp3) is 0.0189. The number of aromatic nitrogens is 1. The summed E-state index contributed by atoms with van der Waals surface area (Å²) in [5.41, 5.74) is 10.2. The number of hydrogen-bond acceptors (Lipinski definition) is 4. The predicted molar refractivity (Wildman–Crippen MR) is 240 cm³/mol. The summed E-state index contributed by atoms with van der Waals surface area (Å²) < 4.78 is 9.10. The number of aliphatic imine (C=N–C) groups is 2. The van der Waals surface area contributed by atoms with Gasteiger partial charge in [0.05, 0.1) is 16.7 Å². The highest BCUT2D eigenvalue weighted by Crippen LogP contribution is 2.41. The molecule has 1 N–H and O–H groups in total. The smallest absolute Gasteiger partial charge is 0.159 e. The maximum atomic E-state index is 6.72. The minimum absolute atomic E-state index is 0.486. The first-order valence-corrected chi connectivity index (χ1v) is 19.7. The van der Waals surface area contributed by atoms with Crippen LogP contribution < -0.4 is 5.32 Å². The summed E-state index contributed by atoms with van der Waals surface area (Å²) in [6, 6.07) is 68.7. The van der Waals surface area contributed by atoms with Crippen LogP contribution in [0.2, 0.25) is 0 Å². The monoisotopic (exact) mass is 742 g/mol. The number of rotatable bonds is 5. The summed E-state index contributed by atoms with van der Waals surface area (Å²) in [4.78, 5) is 10.7. The van der Waals surface area contributed by atoms with Crippen molar-refractivity contribution in [3.8, 4) is 16.8 Å². The second-order valence-electron chi connectivity index (χ2n) is 15.0. The van der Waals surface area contributed by atoms with Crippen molar-refractivity contribution >= 4 is 77.0 Å². The lowest BCUT2D eigenvalue weighted by Gasteiger charge is -2.25. The van der Waals surface area contributed by atoms with E-state index in [0.29, 0.717) is 5.84 Å². The molecule has 0 saturated heterocycles. The molecule has 272 valence electrons. The number of nitrogens with zero attached hydrogens (tertiary/aromatic N) is 3. The molecule has 0 amide bonds. The topological polar surface area (TPSA) is 54.8 Å². The number of hydrogen-bond donors (Lipinski definition) is 1. The van der Waals surface area contributed by atoms with Gasteiger partial charge in [-0.1, -0.05) is 152 Å². The van der Waals surface area contributed by atoms with Crippen molar-refractivity contribution in [3.63, 3.8) is 0 Å². The zero-order valence-corrected chi connectivity index (χ0v) is 31.3. The Hall–Kier alpha value is -7.76. The SMILES string of the molecule is c1ccc(-c2ccc(C3=NC(c4cc(-n5c6ccccc6c6cc7ccccc7cc65)cc5oc6ccccc6c45)NC(c4ccc5ccccc5c4)=N3)cc2)cc1. The number of furan rings is 1. The van der Waals surface area contributed by atoms with E-state index >= 15 is 0 Å². The fourth-order valence-corrected chi connectivity index (χ4v) is 8.81. The quantitative estimate of drug-likeness (QED) is 0.191.